The first-order chi connectivity index (χ1) is 15.0. The highest BCUT2D eigenvalue weighted by molar-refractivity contribution is 5.76. The fourth-order valence-electron chi connectivity index (χ4n) is 4.57. The van der Waals surface area contributed by atoms with E-state index in [1.165, 1.54) is 0 Å². The van der Waals surface area contributed by atoms with E-state index in [0.29, 0.717) is 49.3 Å². The maximum absolute atomic E-state index is 12.6. The molecule has 0 saturated heterocycles. The van der Waals surface area contributed by atoms with Crippen molar-refractivity contribution < 1.29 is 14.6 Å². The molecule has 1 fully saturated rings. The van der Waals surface area contributed by atoms with Crippen molar-refractivity contribution in [2.75, 3.05) is 19.8 Å². The predicted octanol–water partition coefficient (Wildman–Crippen LogP) is 1.13. The van der Waals surface area contributed by atoms with Crippen LogP contribution >= 0.6 is 0 Å². The van der Waals surface area contributed by atoms with E-state index in [2.05, 4.69) is 16.6 Å². The SMILES string of the molecule is C=c1c(=O)[nH]c2n1Cc1c(C)cc(OCCCC(=O)N(CCO)C3CCCC3)cc1N=2. The van der Waals surface area contributed by atoms with Gasteiger partial charge >= 0.3 is 0 Å². The van der Waals surface area contributed by atoms with Crippen LogP contribution in [-0.4, -0.2) is 51.3 Å². The van der Waals surface area contributed by atoms with Crippen molar-refractivity contribution in [3.8, 4) is 5.75 Å². The zero-order chi connectivity index (χ0) is 22.0. The van der Waals surface area contributed by atoms with Crippen molar-refractivity contribution in [2.45, 2.75) is 58.0 Å². The van der Waals surface area contributed by atoms with Crippen LogP contribution < -0.4 is 21.3 Å². The summed E-state index contributed by atoms with van der Waals surface area (Å²) in [5, 5.41) is 9.72. The van der Waals surface area contributed by atoms with Gasteiger partial charge in [-0.1, -0.05) is 19.4 Å². The molecule has 8 heteroatoms. The van der Waals surface area contributed by atoms with E-state index in [1.54, 1.807) is 4.57 Å². The number of aromatic amines is 1. The largest absolute Gasteiger partial charge is 0.493 e. The first-order valence-corrected chi connectivity index (χ1v) is 11.0. The zero-order valence-corrected chi connectivity index (χ0v) is 18.0. The Morgan fingerprint density at radius 3 is 2.90 bits per heavy atom. The Bertz CT molecular complexity index is 1130. The van der Waals surface area contributed by atoms with E-state index in [1.807, 2.05) is 24.0 Å². The first-order valence-electron chi connectivity index (χ1n) is 11.0. The minimum absolute atomic E-state index is 0.000871. The maximum atomic E-state index is 12.6. The molecule has 4 rings (SSSR count). The van der Waals surface area contributed by atoms with Gasteiger partial charge in [0.05, 0.1) is 25.4 Å². The number of fused-ring (bicyclic) bond motifs is 2. The molecule has 31 heavy (non-hydrogen) atoms. The topological polar surface area (TPSA) is 99.9 Å². The van der Waals surface area contributed by atoms with Gasteiger partial charge in [0.15, 0.2) is 0 Å². The lowest BCUT2D eigenvalue weighted by atomic mass is 10.1. The number of hydrogen-bond donors (Lipinski definition) is 2. The molecule has 0 unspecified atom stereocenters. The minimum atomic E-state index is -0.224. The fourth-order valence-corrected chi connectivity index (χ4v) is 4.57. The normalized spacial score (nSPS) is 15.3. The van der Waals surface area contributed by atoms with Crippen molar-refractivity contribution in [3.63, 3.8) is 0 Å². The number of nitrogens with zero attached hydrogens (tertiary/aromatic N) is 3. The van der Waals surface area contributed by atoms with Crippen LogP contribution in [0.2, 0.25) is 0 Å². The third-order valence-corrected chi connectivity index (χ3v) is 6.26. The number of aliphatic hydroxyl groups excluding tert-OH is 1. The number of aryl methyl sites for hydroxylation is 1. The summed E-state index contributed by atoms with van der Waals surface area (Å²) in [7, 11) is 0. The second-order valence-electron chi connectivity index (χ2n) is 8.36. The van der Waals surface area contributed by atoms with E-state index in [4.69, 9.17) is 4.74 Å². The molecule has 8 nitrogen and oxygen atoms in total. The van der Waals surface area contributed by atoms with E-state index in [9.17, 15) is 14.7 Å². The highest BCUT2D eigenvalue weighted by Crippen LogP contribution is 2.30. The molecule has 166 valence electrons. The van der Waals surface area contributed by atoms with Crippen molar-refractivity contribution in [1.29, 1.82) is 0 Å². The lowest BCUT2D eigenvalue weighted by Crippen LogP contribution is -2.40. The highest BCUT2D eigenvalue weighted by atomic mass is 16.5. The number of rotatable bonds is 8. The van der Waals surface area contributed by atoms with Crippen molar-refractivity contribution >= 4 is 18.2 Å². The smallest absolute Gasteiger partial charge is 0.274 e. The molecule has 0 radical (unpaired) electrons. The van der Waals surface area contributed by atoms with Crippen LogP contribution in [0.4, 0.5) is 5.69 Å². The van der Waals surface area contributed by atoms with Gasteiger partial charge in [0.25, 0.3) is 5.56 Å². The van der Waals surface area contributed by atoms with Gasteiger partial charge in [-0.25, -0.2) is 4.99 Å². The van der Waals surface area contributed by atoms with Gasteiger partial charge in [-0.2, -0.15) is 0 Å². The Morgan fingerprint density at radius 2 is 2.16 bits per heavy atom. The van der Waals surface area contributed by atoms with Crippen LogP contribution in [0.25, 0.3) is 6.58 Å². The Kier molecular flexibility index (Phi) is 6.27. The van der Waals surface area contributed by atoms with Gasteiger partial charge in [0, 0.05) is 30.6 Å². The third kappa shape index (κ3) is 4.44. The number of H-pyrrole nitrogens is 1. The second kappa shape index (κ2) is 9.09. The molecule has 2 aliphatic rings. The number of amides is 1. The van der Waals surface area contributed by atoms with Crippen molar-refractivity contribution in [1.82, 2.24) is 14.5 Å². The average Bonchev–Trinajstić information content (AvgIpc) is 3.37. The number of benzene rings is 1. The van der Waals surface area contributed by atoms with Crippen LogP contribution in [0.1, 0.15) is 49.7 Å². The number of imidazole rings is 1. The summed E-state index contributed by atoms with van der Waals surface area (Å²) in [6.45, 7) is 7.20. The molecule has 0 spiro atoms. The molecule has 0 atom stereocenters. The quantitative estimate of drug-likeness (QED) is 0.528. The Balaban J connectivity index is 1.37. The number of aliphatic hydroxyl groups is 1. The fraction of sp³-hybridized carbons (Fsp3) is 0.522. The van der Waals surface area contributed by atoms with E-state index in [0.717, 1.165) is 42.5 Å². The molecule has 2 heterocycles. The third-order valence-electron chi connectivity index (χ3n) is 6.26. The Labute approximate surface area is 180 Å². The molecule has 0 bridgehead atoms. The average molecular weight is 427 g/mol. The summed E-state index contributed by atoms with van der Waals surface area (Å²) in [6.07, 6.45) is 5.39. The monoisotopic (exact) mass is 426 g/mol. The summed E-state index contributed by atoms with van der Waals surface area (Å²) < 4.78 is 7.70. The van der Waals surface area contributed by atoms with Gasteiger partial charge in [-0.3, -0.25) is 14.6 Å². The second-order valence-corrected chi connectivity index (χ2v) is 8.36. The van der Waals surface area contributed by atoms with Crippen molar-refractivity contribution in [2.24, 2.45) is 4.99 Å². The standard InChI is InChI=1S/C23H30N4O4/c1-15-12-18(13-20-19(15)14-27-16(2)22(30)25-23(27)24-20)31-11-5-8-21(29)26(9-10-28)17-6-3-4-7-17/h12-13,17,28H,2-11,14H2,1H3,(H,24,25,30). The molecular weight excluding hydrogens is 396 g/mol. The maximum Gasteiger partial charge on any atom is 0.274 e. The number of carbonyl (C=O) groups excluding carboxylic acids is 1. The summed E-state index contributed by atoms with van der Waals surface area (Å²) in [4.78, 5) is 33.6. The Morgan fingerprint density at radius 1 is 1.39 bits per heavy atom. The lowest BCUT2D eigenvalue weighted by molar-refractivity contribution is -0.134. The molecule has 1 aromatic carbocycles. The summed E-state index contributed by atoms with van der Waals surface area (Å²) >= 11 is 0. The summed E-state index contributed by atoms with van der Waals surface area (Å²) in [5.41, 5.74) is 3.13. The molecule has 2 aromatic rings. The molecule has 1 aliphatic heterocycles. The van der Waals surface area contributed by atoms with Gasteiger partial charge in [0.2, 0.25) is 11.5 Å². The van der Waals surface area contributed by atoms with Crippen LogP contribution in [-0.2, 0) is 11.3 Å². The van der Waals surface area contributed by atoms with Gasteiger partial charge < -0.3 is 19.3 Å². The lowest BCUT2D eigenvalue weighted by Gasteiger charge is -2.28. The van der Waals surface area contributed by atoms with Crippen LogP contribution in [0.15, 0.2) is 21.9 Å². The van der Waals surface area contributed by atoms with Gasteiger partial charge in [-0.15, -0.1) is 0 Å². The highest BCUT2D eigenvalue weighted by Gasteiger charge is 2.25. The summed E-state index contributed by atoms with van der Waals surface area (Å²) in [6, 6.07) is 4.11. The molecule has 1 amide bonds. The van der Waals surface area contributed by atoms with E-state index < -0.39 is 0 Å². The van der Waals surface area contributed by atoms with E-state index >= 15 is 0 Å². The van der Waals surface area contributed by atoms with Crippen LogP contribution in [0, 0.1) is 6.92 Å². The van der Waals surface area contributed by atoms with Crippen molar-refractivity contribution in [3.05, 3.63) is 44.6 Å². The van der Waals surface area contributed by atoms with E-state index in [-0.39, 0.29) is 24.1 Å². The number of hydrogen-bond acceptors (Lipinski definition) is 5. The zero-order valence-electron chi connectivity index (χ0n) is 18.0. The Hall–Kier alpha value is -2.87. The molecular formula is C23H30N4O4. The minimum Gasteiger partial charge on any atom is -0.493 e. The number of aromatic nitrogens is 2. The van der Waals surface area contributed by atoms with Crippen LogP contribution in [0.3, 0.4) is 0 Å². The molecule has 1 aliphatic carbocycles. The number of ether oxygens (including phenoxy) is 1. The molecule has 1 saturated carbocycles. The first kappa shape index (κ1) is 21.4. The number of nitrogens with one attached hydrogen (secondary N) is 1. The number of carbonyl (C=O) groups is 1. The molecule has 2 N–H and O–H groups in total. The molecule has 1 aromatic heterocycles. The summed E-state index contributed by atoms with van der Waals surface area (Å²) in [5.74, 6) is 0.794. The van der Waals surface area contributed by atoms with Crippen LogP contribution in [0.5, 0.6) is 5.75 Å². The van der Waals surface area contributed by atoms with Gasteiger partial charge in [-0.05, 0) is 37.8 Å². The predicted molar refractivity (Wildman–Crippen MR) is 117 cm³/mol. The van der Waals surface area contributed by atoms with Gasteiger partial charge in [0.1, 0.15) is 11.1 Å².